The minimum Gasteiger partial charge on any atom is -0.388 e. The lowest BCUT2D eigenvalue weighted by atomic mass is 10.1. The highest BCUT2D eigenvalue weighted by Gasteiger charge is 2.35. The summed E-state index contributed by atoms with van der Waals surface area (Å²) in [7, 11) is 0. The Morgan fingerprint density at radius 3 is 3.06 bits per heavy atom. The molecule has 3 heterocycles. The molecule has 18 heavy (non-hydrogen) atoms. The van der Waals surface area contributed by atoms with Crippen LogP contribution >= 0.6 is 0 Å². The van der Waals surface area contributed by atoms with E-state index in [4.69, 9.17) is 10.5 Å². The lowest BCUT2D eigenvalue weighted by Gasteiger charge is -2.16. The molecule has 2 aromatic heterocycles. The monoisotopic (exact) mass is 249 g/mol. The van der Waals surface area contributed by atoms with Gasteiger partial charge in [0.1, 0.15) is 17.9 Å². The van der Waals surface area contributed by atoms with Gasteiger partial charge in [-0.25, -0.2) is 15.0 Å². The Morgan fingerprint density at radius 1 is 1.50 bits per heavy atom. The Morgan fingerprint density at radius 2 is 2.33 bits per heavy atom. The van der Waals surface area contributed by atoms with Crippen LogP contribution in [0.15, 0.2) is 12.7 Å². The summed E-state index contributed by atoms with van der Waals surface area (Å²) in [6.07, 6.45) is 3.54. The molecule has 0 amide bonds. The molecule has 0 aromatic carbocycles. The first-order chi connectivity index (χ1) is 8.70. The van der Waals surface area contributed by atoms with Crippen molar-refractivity contribution in [3.8, 4) is 0 Å². The second-order valence-electron chi connectivity index (χ2n) is 4.44. The lowest BCUT2D eigenvalue weighted by Crippen LogP contribution is -2.19. The summed E-state index contributed by atoms with van der Waals surface area (Å²) in [6, 6.07) is 0. The molecule has 1 unspecified atom stereocenters. The maximum atomic E-state index is 10.0. The van der Waals surface area contributed by atoms with Crippen LogP contribution in [0.3, 0.4) is 0 Å². The molecule has 7 heteroatoms. The van der Waals surface area contributed by atoms with E-state index in [1.165, 1.54) is 6.33 Å². The summed E-state index contributed by atoms with van der Waals surface area (Å²) in [5.41, 5.74) is 6.85. The van der Waals surface area contributed by atoms with E-state index in [9.17, 15) is 5.11 Å². The van der Waals surface area contributed by atoms with Gasteiger partial charge < -0.3 is 15.6 Å². The van der Waals surface area contributed by atoms with E-state index in [2.05, 4.69) is 15.0 Å². The van der Waals surface area contributed by atoms with Gasteiger partial charge in [0.2, 0.25) is 0 Å². The van der Waals surface area contributed by atoms with Gasteiger partial charge in [0.05, 0.1) is 12.4 Å². The third-order valence-electron chi connectivity index (χ3n) is 3.28. The van der Waals surface area contributed by atoms with Crippen molar-refractivity contribution in [2.24, 2.45) is 0 Å². The van der Waals surface area contributed by atoms with Crippen LogP contribution in [0.4, 0.5) is 5.82 Å². The molecule has 1 fully saturated rings. The van der Waals surface area contributed by atoms with Gasteiger partial charge >= 0.3 is 0 Å². The van der Waals surface area contributed by atoms with Crippen LogP contribution in [0.2, 0.25) is 0 Å². The fourth-order valence-electron chi connectivity index (χ4n) is 2.30. The molecular formula is C11H15N5O2. The number of aliphatic hydroxyl groups is 1. The molecule has 0 spiro atoms. The molecule has 0 aliphatic carbocycles. The average molecular weight is 249 g/mol. The number of anilines is 1. The van der Waals surface area contributed by atoms with Gasteiger partial charge in [-0.05, 0) is 6.42 Å². The molecule has 1 aliphatic rings. The highest BCUT2D eigenvalue weighted by atomic mass is 16.5. The average Bonchev–Trinajstić information content (AvgIpc) is 2.93. The van der Waals surface area contributed by atoms with E-state index in [1.807, 2.05) is 6.92 Å². The van der Waals surface area contributed by atoms with E-state index in [0.717, 1.165) is 6.42 Å². The Kier molecular flexibility index (Phi) is 2.64. The van der Waals surface area contributed by atoms with E-state index in [0.29, 0.717) is 23.4 Å². The van der Waals surface area contributed by atoms with Crippen molar-refractivity contribution in [2.75, 3.05) is 5.73 Å². The Balaban J connectivity index is 2.02. The number of fused-ring (bicyclic) bond motifs is 1. The van der Waals surface area contributed by atoms with Crippen molar-refractivity contribution >= 4 is 17.0 Å². The Labute approximate surface area is 104 Å². The number of hydrogen-bond donors (Lipinski definition) is 2. The molecule has 0 radical (unpaired) electrons. The zero-order valence-corrected chi connectivity index (χ0v) is 10.0. The zero-order chi connectivity index (χ0) is 12.7. The maximum Gasteiger partial charge on any atom is 0.167 e. The zero-order valence-electron chi connectivity index (χ0n) is 10.0. The fourth-order valence-corrected chi connectivity index (χ4v) is 2.30. The van der Waals surface area contributed by atoms with Crippen molar-refractivity contribution in [2.45, 2.75) is 38.2 Å². The quantitative estimate of drug-likeness (QED) is 0.802. The van der Waals surface area contributed by atoms with E-state index in [-0.39, 0.29) is 6.10 Å². The van der Waals surface area contributed by atoms with Crippen LogP contribution in [-0.4, -0.2) is 36.8 Å². The highest BCUT2D eigenvalue weighted by Crippen LogP contribution is 2.32. The summed E-state index contributed by atoms with van der Waals surface area (Å²) < 4.78 is 7.50. The number of rotatable bonds is 2. The third-order valence-corrected chi connectivity index (χ3v) is 3.28. The van der Waals surface area contributed by atoms with Crippen LogP contribution in [-0.2, 0) is 4.74 Å². The van der Waals surface area contributed by atoms with Crippen molar-refractivity contribution in [3.05, 3.63) is 12.7 Å². The molecule has 0 saturated carbocycles. The van der Waals surface area contributed by atoms with Gasteiger partial charge in [0.25, 0.3) is 0 Å². The molecular weight excluding hydrogens is 234 g/mol. The summed E-state index contributed by atoms with van der Waals surface area (Å²) in [4.78, 5) is 12.2. The standard InChI is InChI=1S/C11H15N5O2/c1-2-6-3-7(17)11(18-6)16-5-15-8-9(12)13-4-14-10(8)16/h4-7,11,17H,2-3H2,1H3,(H2,12,13,14)/t6-,7+,11?/m1/s1. The first-order valence-corrected chi connectivity index (χ1v) is 5.97. The summed E-state index contributed by atoms with van der Waals surface area (Å²) in [5.74, 6) is 0.332. The first-order valence-electron chi connectivity index (χ1n) is 5.97. The molecule has 3 N–H and O–H groups in total. The second-order valence-corrected chi connectivity index (χ2v) is 4.44. The van der Waals surface area contributed by atoms with Gasteiger partial charge in [-0.1, -0.05) is 6.92 Å². The third kappa shape index (κ3) is 1.63. The Hall–Kier alpha value is -1.73. The summed E-state index contributed by atoms with van der Waals surface area (Å²) in [5, 5.41) is 10.0. The van der Waals surface area contributed by atoms with Gasteiger partial charge in [-0.3, -0.25) is 4.57 Å². The van der Waals surface area contributed by atoms with Crippen molar-refractivity contribution in [1.29, 1.82) is 0 Å². The number of nitrogens with two attached hydrogens (primary N) is 1. The number of imidazole rings is 1. The summed E-state index contributed by atoms with van der Waals surface area (Å²) in [6.45, 7) is 2.03. The van der Waals surface area contributed by atoms with Gasteiger partial charge in [-0.2, -0.15) is 0 Å². The molecule has 2 aromatic rings. The number of aliphatic hydroxyl groups excluding tert-OH is 1. The normalized spacial score (nSPS) is 28.0. The molecule has 3 rings (SSSR count). The van der Waals surface area contributed by atoms with Crippen molar-refractivity contribution in [1.82, 2.24) is 19.5 Å². The van der Waals surface area contributed by atoms with E-state index < -0.39 is 12.3 Å². The van der Waals surface area contributed by atoms with Crippen LogP contribution in [0.25, 0.3) is 11.2 Å². The molecule has 0 bridgehead atoms. The van der Waals surface area contributed by atoms with Crippen LogP contribution < -0.4 is 5.73 Å². The van der Waals surface area contributed by atoms with E-state index in [1.54, 1.807) is 10.9 Å². The van der Waals surface area contributed by atoms with Gasteiger partial charge in [0.15, 0.2) is 17.7 Å². The lowest BCUT2D eigenvalue weighted by molar-refractivity contribution is -0.0355. The number of nitrogen functional groups attached to an aromatic ring is 1. The van der Waals surface area contributed by atoms with Crippen LogP contribution in [0, 0.1) is 0 Å². The maximum absolute atomic E-state index is 10.0. The van der Waals surface area contributed by atoms with Crippen LogP contribution in [0.1, 0.15) is 26.0 Å². The molecule has 7 nitrogen and oxygen atoms in total. The van der Waals surface area contributed by atoms with Gasteiger partial charge in [0, 0.05) is 6.42 Å². The predicted octanol–water partition coefficient (Wildman–Crippen LogP) is 0.467. The summed E-state index contributed by atoms with van der Waals surface area (Å²) >= 11 is 0. The minimum atomic E-state index is -0.552. The smallest absolute Gasteiger partial charge is 0.167 e. The van der Waals surface area contributed by atoms with Gasteiger partial charge in [-0.15, -0.1) is 0 Å². The largest absolute Gasteiger partial charge is 0.388 e. The first kappa shape index (κ1) is 11.4. The minimum absolute atomic E-state index is 0.0710. The molecule has 96 valence electrons. The number of ether oxygens (including phenoxy) is 1. The molecule has 1 saturated heterocycles. The van der Waals surface area contributed by atoms with Crippen molar-refractivity contribution < 1.29 is 9.84 Å². The number of hydrogen-bond acceptors (Lipinski definition) is 6. The van der Waals surface area contributed by atoms with Crippen molar-refractivity contribution in [3.63, 3.8) is 0 Å². The van der Waals surface area contributed by atoms with E-state index >= 15 is 0 Å². The topological polar surface area (TPSA) is 99.1 Å². The number of nitrogens with zero attached hydrogens (tertiary/aromatic N) is 4. The van der Waals surface area contributed by atoms with Crippen LogP contribution in [0.5, 0.6) is 0 Å². The SMILES string of the molecule is CC[C@@H]1C[C@H](O)C(n2cnc3c(N)ncnc32)O1. The second kappa shape index (κ2) is 4.18. The predicted molar refractivity (Wildman–Crippen MR) is 64.6 cm³/mol. The molecule has 1 aliphatic heterocycles. The molecule has 3 atom stereocenters. The Bertz CT molecular complexity index is 570. The highest BCUT2D eigenvalue weighted by molar-refractivity contribution is 5.81. The number of aromatic nitrogens is 4. The fraction of sp³-hybridized carbons (Fsp3) is 0.545.